The standard InChI is InChI=1S/C13H8BrClFN5/c14-9-3-2-8(16)6-12(9)21-13(18-19-20-21)7-1-4-11(17)10(15)5-7/h1-6H,17H2. The van der Waals surface area contributed by atoms with Crippen molar-refractivity contribution in [2.45, 2.75) is 0 Å². The van der Waals surface area contributed by atoms with Gasteiger partial charge in [-0.05, 0) is 56.7 Å². The Balaban J connectivity index is 2.17. The van der Waals surface area contributed by atoms with E-state index in [0.717, 1.165) is 0 Å². The largest absolute Gasteiger partial charge is 0.398 e. The Kier molecular flexibility index (Phi) is 3.60. The molecule has 0 saturated carbocycles. The van der Waals surface area contributed by atoms with E-state index in [1.165, 1.54) is 16.8 Å². The Morgan fingerprint density at radius 2 is 2.00 bits per heavy atom. The van der Waals surface area contributed by atoms with Gasteiger partial charge in [-0.2, -0.15) is 4.68 Å². The molecule has 0 spiro atoms. The van der Waals surface area contributed by atoms with Crippen molar-refractivity contribution >= 4 is 33.2 Å². The first-order chi connectivity index (χ1) is 10.1. The average molecular weight is 369 g/mol. The summed E-state index contributed by atoms with van der Waals surface area (Å²) in [6.45, 7) is 0. The number of halogens is 3. The highest BCUT2D eigenvalue weighted by atomic mass is 79.9. The minimum Gasteiger partial charge on any atom is -0.398 e. The molecule has 2 aromatic carbocycles. The maximum absolute atomic E-state index is 13.4. The fourth-order valence-electron chi connectivity index (χ4n) is 1.84. The highest BCUT2D eigenvalue weighted by molar-refractivity contribution is 9.10. The zero-order valence-electron chi connectivity index (χ0n) is 10.5. The third-order valence-electron chi connectivity index (χ3n) is 2.86. The van der Waals surface area contributed by atoms with Crippen LogP contribution in [0.1, 0.15) is 0 Å². The minimum absolute atomic E-state index is 0.384. The highest BCUT2D eigenvalue weighted by Crippen LogP contribution is 2.29. The molecular weight excluding hydrogens is 361 g/mol. The molecule has 1 aromatic heterocycles. The molecule has 0 aliphatic rings. The van der Waals surface area contributed by atoms with E-state index in [-0.39, 0.29) is 5.82 Å². The van der Waals surface area contributed by atoms with Crippen molar-refractivity contribution in [2.24, 2.45) is 0 Å². The molecule has 21 heavy (non-hydrogen) atoms. The molecule has 0 aliphatic heterocycles. The van der Waals surface area contributed by atoms with E-state index >= 15 is 0 Å². The van der Waals surface area contributed by atoms with E-state index in [4.69, 9.17) is 17.3 Å². The molecule has 1 heterocycles. The minimum atomic E-state index is -0.384. The fourth-order valence-corrected chi connectivity index (χ4v) is 2.44. The van der Waals surface area contributed by atoms with Gasteiger partial charge >= 0.3 is 0 Å². The summed E-state index contributed by atoms with van der Waals surface area (Å²) in [7, 11) is 0. The van der Waals surface area contributed by atoms with Gasteiger partial charge in [0.05, 0.1) is 16.4 Å². The number of hydrogen-bond acceptors (Lipinski definition) is 4. The predicted molar refractivity (Wildman–Crippen MR) is 81.7 cm³/mol. The number of aromatic nitrogens is 4. The molecule has 0 fully saturated rings. The van der Waals surface area contributed by atoms with Crippen molar-refractivity contribution in [3.63, 3.8) is 0 Å². The molecule has 0 unspecified atom stereocenters. The van der Waals surface area contributed by atoms with Gasteiger partial charge < -0.3 is 5.73 Å². The topological polar surface area (TPSA) is 69.6 Å². The number of tetrazole rings is 1. The Bertz CT molecular complexity index is 820. The number of nitrogens with zero attached hydrogens (tertiary/aromatic N) is 4. The Hall–Kier alpha value is -1.99. The first-order valence-electron chi connectivity index (χ1n) is 5.85. The first-order valence-corrected chi connectivity index (χ1v) is 7.02. The monoisotopic (exact) mass is 367 g/mol. The zero-order chi connectivity index (χ0) is 15.0. The summed E-state index contributed by atoms with van der Waals surface area (Å²) in [6, 6.07) is 9.34. The Labute approximate surface area is 132 Å². The molecule has 106 valence electrons. The number of nitrogens with two attached hydrogens (primary N) is 1. The number of benzene rings is 2. The third kappa shape index (κ3) is 2.62. The van der Waals surface area contributed by atoms with Crippen LogP contribution in [0.3, 0.4) is 0 Å². The third-order valence-corrected chi connectivity index (χ3v) is 3.86. The van der Waals surface area contributed by atoms with Crippen molar-refractivity contribution in [1.29, 1.82) is 0 Å². The lowest BCUT2D eigenvalue weighted by Gasteiger charge is -2.08. The van der Waals surface area contributed by atoms with Gasteiger partial charge in [-0.1, -0.05) is 11.6 Å². The van der Waals surface area contributed by atoms with Gasteiger partial charge in [0, 0.05) is 16.1 Å². The normalized spacial score (nSPS) is 10.8. The van der Waals surface area contributed by atoms with Gasteiger partial charge in [0.15, 0.2) is 5.82 Å². The summed E-state index contributed by atoms with van der Waals surface area (Å²) in [5.74, 6) is 0.0492. The van der Waals surface area contributed by atoms with Gasteiger partial charge in [-0.25, -0.2) is 4.39 Å². The fraction of sp³-hybridized carbons (Fsp3) is 0. The van der Waals surface area contributed by atoms with Crippen LogP contribution in [0.25, 0.3) is 17.1 Å². The van der Waals surface area contributed by atoms with Crippen molar-refractivity contribution < 1.29 is 4.39 Å². The summed E-state index contributed by atoms with van der Waals surface area (Å²) in [6.07, 6.45) is 0. The number of hydrogen-bond donors (Lipinski definition) is 1. The maximum atomic E-state index is 13.4. The van der Waals surface area contributed by atoms with E-state index in [1.54, 1.807) is 24.3 Å². The molecule has 5 nitrogen and oxygen atoms in total. The molecule has 8 heteroatoms. The lowest BCUT2D eigenvalue weighted by atomic mass is 10.2. The number of anilines is 1. The molecular formula is C13H8BrClFN5. The smallest absolute Gasteiger partial charge is 0.187 e. The second-order valence-corrected chi connectivity index (χ2v) is 5.51. The average Bonchev–Trinajstić information content (AvgIpc) is 2.93. The molecule has 0 bridgehead atoms. The molecule has 0 saturated heterocycles. The Morgan fingerprint density at radius 1 is 1.19 bits per heavy atom. The van der Waals surface area contributed by atoms with Crippen LogP contribution < -0.4 is 5.73 Å². The highest BCUT2D eigenvalue weighted by Gasteiger charge is 2.14. The maximum Gasteiger partial charge on any atom is 0.187 e. The molecule has 0 aliphatic carbocycles. The van der Waals surface area contributed by atoms with Crippen LogP contribution in [0, 0.1) is 5.82 Å². The quantitative estimate of drug-likeness (QED) is 0.703. The summed E-state index contributed by atoms with van der Waals surface area (Å²) in [4.78, 5) is 0. The second-order valence-electron chi connectivity index (χ2n) is 4.25. The molecule has 0 atom stereocenters. The predicted octanol–water partition coefficient (Wildman–Crippen LogP) is 3.47. The molecule has 0 radical (unpaired) electrons. The first kappa shape index (κ1) is 14.0. The van der Waals surface area contributed by atoms with Crippen molar-refractivity contribution in [3.8, 4) is 17.1 Å². The summed E-state index contributed by atoms with van der Waals surface area (Å²) >= 11 is 9.37. The van der Waals surface area contributed by atoms with Crippen molar-refractivity contribution in [3.05, 3.63) is 51.7 Å². The van der Waals surface area contributed by atoms with E-state index in [0.29, 0.717) is 32.3 Å². The van der Waals surface area contributed by atoms with Crippen LogP contribution in [0.5, 0.6) is 0 Å². The molecule has 2 N–H and O–H groups in total. The van der Waals surface area contributed by atoms with Gasteiger partial charge in [0.1, 0.15) is 5.82 Å². The lowest BCUT2D eigenvalue weighted by Crippen LogP contribution is -2.01. The van der Waals surface area contributed by atoms with E-state index in [9.17, 15) is 4.39 Å². The SMILES string of the molecule is Nc1ccc(-c2nnnn2-c2cc(F)ccc2Br)cc1Cl. The number of nitrogen functional groups attached to an aromatic ring is 1. The molecule has 3 aromatic rings. The van der Waals surface area contributed by atoms with Crippen LogP contribution in [0.15, 0.2) is 40.9 Å². The van der Waals surface area contributed by atoms with Crippen LogP contribution in [-0.4, -0.2) is 20.2 Å². The Morgan fingerprint density at radius 3 is 2.76 bits per heavy atom. The van der Waals surface area contributed by atoms with E-state index in [1.807, 2.05) is 0 Å². The molecule has 0 amide bonds. The van der Waals surface area contributed by atoms with Crippen molar-refractivity contribution in [2.75, 3.05) is 5.73 Å². The van der Waals surface area contributed by atoms with Crippen LogP contribution >= 0.6 is 27.5 Å². The van der Waals surface area contributed by atoms with Crippen LogP contribution in [-0.2, 0) is 0 Å². The van der Waals surface area contributed by atoms with Crippen LogP contribution in [0.2, 0.25) is 5.02 Å². The van der Waals surface area contributed by atoms with Gasteiger partial charge in [-0.15, -0.1) is 5.10 Å². The zero-order valence-corrected chi connectivity index (χ0v) is 12.8. The van der Waals surface area contributed by atoms with Gasteiger partial charge in [0.25, 0.3) is 0 Å². The molecule has 3 rings (SSSR count). The van der Waals surface area contributed by atoms with Gasteiger partial charge in [0.2, 0.25) is 0 Å². The number of rotatable bonds is 2. The van der Waals surface area contributed by atoms with Gasteiger partial charge in [-0.3, -0.25) is 0 Å². The van der Waals surface area contributed by atoms with E-state index < -0.39 is 0 Å². The summed E-state index contributed by atoms with van der Waals surface area (Å²) in [5.41, 5.74) is 7.32. The second kappa shape index (κ2) is 5.42. The summed E-state index contributed by atoms with van der Waals surface area (Å²) in [5, 5.41) is 11.9. The van der Waals surface area contributed by atoms with E-state index in [2.05, 4.69) is 31.5 Å². The van der Waals surface area contributed by atoms with Crippen LogP contribution in [0.4, 0.5) is 10.1 Å². The van der Waals surface area contributed by atoms with Crippen molar-refractivity contribution in [1.82, 2.24) is 20.2 Å². The summed E-state index contributed by atoms with van der Waals surface area (Å²) < 4.78 is 15.5. The lowest BCUT2D eigenvalue weighted by molar-refractivity contribution is 0.624.